The second kappa shape index (κ2) is 4.54. The first-order valence-corrected chi connectivity index (χ1v) is 4.10. The van der Waals surface area contributed by atoms with Crippen LogP contribution in [0, 0.1) is 0 Å². The van der Waals surface area contributed by atoms with E-state index < -0.39 is 10.3 Å². The lowest BCUT2D eigenvalue weighted by Gasteiger charge is -1.98. The van der Waals surface area contributed by atoms with E-state index in [2.05, 4.69) is 0 Å². The molecule has 0 aromatic heterocycles. The van der Waals surface area contributed by atoms with Crippen molar-refractivity contribution in [3.63, 3.8) is 0 Å². The van der Waals surface area contributed by atoms with Crippen molar-refractivity contribution in [2.75, 3.05) is 0 Å². The topological polar surface area (TPSA) is 0 Å². The summed E-state index contributed by atoms with van der Waals surface area (Å²) in [5.41, 5.74) is 1.01. The summed E-state index contributed by atoms with van der Waals surface area (Å²) in [6, 6.07) is 0. The monoisotopic (exact) mass is 178 g/mol. The fourth-order valence-electron chi connectivity index (χ4n) is 0.283. The van der Waals surface area contributed by atoms with Gasteiger partial charge in [0.05, 0.1) is 0 Å². The molecule has 64 valence electrons. The molecule has 0 aromatic carbocycles. The summed E-state index contributed by atoms with van der Waals surface area (Å²) < 4.78 is 25.4. The van der Waals surface area contributed by atoms with E-state index in [4.69, 9.17) is 0 Å². The molecule has 0 aliphatic heterocycles. The van der Waals surface area contributed by atoms with Gasteiger partial charge in [-0.2, -0.15) is 8.78 Å². The van der Waals surface area contributed by atoms with E-state index in [9.17, 15) is 8.78 Å². The van der Waals surface area contributed by atoms with E-state index >= 15 is 0 Å². The Morgan fingerprint density at radius 3 is 1.27 bits per heavy atom. The molecule has 0 bridgehead atoms. The molecular weight excluding hydrogens is 166 g/mol. The quantitative estimate of drug-likeness (QED) is 0.611. The van der Waals surface area contributed by atoms with Crippen LogP contribution >= 0.6 is 11.8 Å². The van der Waals surface area contributed by atoms with Gasteiger partial charge in [-0.25, -0.2) is 0 Å². The van der Waals surface area contributed by atoms with Crippen molar-refractivity contribution in [2.45, 2.75) is 27.7 Å². The van der Waals surface area contributed by atoms with Crippen LogP contribution in [0.5, 0.6) is 0 Å². The first-order chi connectivity index (χ1) is 4.95. The summed E-state index contributed by atoms with van der Waals surface area (Å²) in [4.78, 5) is 0. The Hall–Kier alpha value is -0.310. The molecule has 3 heteroatoms. The smallest absolute Gasteiger partial charge is 0.162 e. The maximum atomic E-state index is 12.7. The van der Waals surface area contributed by atoms with Gasteiger partial charge in [-0.05, 0) is 50.6 Å². The Kier molecular flexibility index (Phi) is 4.42. The summed E-state index contributed by atoms with van der Waals surface area (Å²) in [5, 5.41) is -0.910. The molecule has 0 radical (unpaired) electrons. The van der Waals surface area contributed by atoms with Crippen LogP contribution in [0.4, 0.5) is 8.78 Å². The van der Waals surface area contributed by atoms with E-state index in [1.807, 2.05) is 0 Å². The Balaban J connectivity index is 4.30. The first kappa shape index (κ1) is 10.7. The summed E-state index contributed by atoms with van der Waals surface area (Å²) in [7, 11) is 0. The van der Waals surface area contributed by atoms with Crippen molar-refractivity contribution < 1.29 is 8.78 Å². The summed E-state index contributed by atoms with van der Waals surface area (Å²) >= 11 is 0.542. The summed E-state index contributed by atoms with van der Waals surface area (Å²) in [6.45, 7) is 6.45. The molecule has 0 atom stereocenters. The molecule has 0 saturated heterocycles. The summed E-state index contributed by atoms with van der Waals surface area (Å²) in [6.07, 6.45) is 0. The first-order valence-electron chi connectivity index (χ1n) is 3.29. The second-order valence-corrected chi connectivity index (χ2v) is 3.57. The molecule has 0 nitrogen and oxygen atoms in total. The average Bonchev–Trinajstić information content (AvgIpc) is 1.87. The maximum absolute atomic E-state index is 12.7. The van der Waals surface area contributed by atoms with Crippen LogP contribution in [-0.2, 0) is 0 Å². The fourth-order valence-corrected chi connectivity index (χ4v) is 0.848. The zero-order valence-corrected chi connectivity index (χ0v) is 7.98. The van der Waals surface area contributed by atoms with Gasteiger partial charge in [-0.15, -0.1) is 0 Å². The number of allylic oxidation sites excluding steroid dienone is 2. The lowest BCUT2D eigenvalue weighted by molar-refractivity contribution is 0.668. The third kappa shape index (κ3) is 4.19. The van der Waals surface area contributed by atoms with Crippen LogP contribution in [0.2, 0.25) is 0 Å². The van der Waals surface area contributed by atoms with Gasteiger partial charge in [-0.3, -0.25) is 0 Å². The third-order valence-corrected chi connectivity index (χ3v) is 2.14. The van der Waals surface area contributed by atoms with Crippen LogP contribution < -0.4 is 0 Å². The minimum absolute atomic E-state index is 0.455. The van der Waals surface area contributed by atoms with Gasteiger partial charge in [-0.1, -0.05) is 0 Å². The highest BCUT2D eigenvalue weighted by atomic mass is 32.2. The fraction of sp³-hybridized carbons (Fsp3) is 0.500. The number of thioether (sulfide) groups is 1. The van der Waals surface area contributed by atoms with Crippen molar-refractivity contribution >= 4 is 11.8 Å². The minimum atomic E-state index is -0.455. The number of halogens is 2. The normalized spacial score (nSPS) is 9.27. The molecular formula is C8H12F2S. The van der Waals surface area contributed by atoms with Crippen molar-refractivity contribution in [1.82, 2.24) is 0 Å². The van der Waals surface area contributed by atoms with E-state index in [1.165, 1.54) is 0 Å². The van der Waals surface area contributed by atoms with E-state index in [0.29, 0.717) is 22.9 Å². The van der Waals surface area contributed by atoms with Gasteiger partial charge in [0.25, 0.3) is 0 Å². The molecule has 0 saturated carbocycles. The van der Waals surface area contributed by atoms with Crippen LogP contribution in [0.25, 0.3) is 0 Å². The predicted octanol–water partition coefficient (Wildman–Crippen LogP) is 4.16. The molecule has 0 unspecified atom stereocenters. The number of hydrogen-bond donors (Lipinski definition) is 0. The van der Waals surface area contributed by atoms with E-state index in [0.717, 1.165) is 0 Å². The van der Waals surface area contributed by atoms with Crippen molar-refractivity contribution in [2.24, 2.45) is 0 Å². The predicted molar refractivity (Wildman–Crippen MR) is 46.6 cm³/mol. The zero-order valence-electron chi connectivity index (χ0n) is 7.16. The van der Waals surface area contributed by atoms with Crippen molar-refractivity contribution in [3.05, 3.63) is 21.5 Å². The lowest BCUT2D eigenvalue weighted by Crippen LogP contribution is -1.74. The standard InChI is InChI=1S/C8H12F2S/c1-5(2)7(9)11-8(10)6(3)4/h1-4H3. The average molecular weight is 178 g/mol. The van der Waals surface area contributed by atoms with E-state index in [1.54, 1.807) is 27.7 Å². The Morgan fingerprint density at radius 1 is 0.818 bits per heavy atom. The largest absolute Gasteiger partial charge is 0.199 e. The van der Waals surface area contributed by atoms with Gasteiger partial charge < -0.3 is 0 Å². The molecule has 0 aliphatic rings. The zero-order chi connectivity index (χ0) is 9.02. The van der Waals surface area contributed by atoms with Gasteiger partial charge in [0.2, 0.25) is 0 Å². The van der Waals surface area contributed by atoms with Crippen molar-refractivity contribution in [1.29, 1.82) is 0 Å². The minimum Gasteiger partial charge on any atom is -0.199 e. The van der Waals surface area contributed by atoms with Crippen molar-refractivity contribution in [3.8, 4) is 0 Å². The van der Waals surface area contributed by atoms with Gasteiger partial charge in [0, 0.05) is 0 Å². The molecule has 0 N–H and O–H groups in total. The number of hydrogen-bond acceptors (Lipinski definition) is 1. The van der Waals surface area contributed by atoms with Gasteiger partial charge in [0.15, 0.2) is 10.3 Å². The maximum Gasteiger partial charge on any atom is 0.162 e. The molecule has 0 amide bonds. The Bertz CT molecular complexity index is 174. The van der Waals surface area contributed by atoms with Gasteiger partial charge >= 0.3 is 0 Å². The molecule has 11 heavy (non-hydrogen) atoms. The molecule has 0 aromatic rings. The highest BCUT2D eigenvalue weighted by molar-refractivity contribution is 8.06. The van der Waals surface area contributed by atoms with Crippen LogP contribution in [-0.4, -0.2) is 0 Å². The molecule has 0 fully saturated rings. The number of rotatable bonds is 2. The van der Waals surface area contributed by atoms with Gasteiger partial charge in [0.1, 0.15) is 0 Å². The van der Waals surface area contributed by atoms with Crippen LogP contribution in [0.15, 0.2) is 21.5 Å². The second-order valence-electron chi connectivity index (χ2n) is 2.65. The third-order valence-electron chi connectivity index (χ3n) is 0.965. The molecule has 0 aliphatic carbocycles. The molecule has 0 spiro atoms. The highest BCUT2D eigenvalue weighted by Crippen LogP contribution is 2.31. The SMILES string of the molecule is CC(C)=C(F)SC(F)=C(C)C. The Labute approximate surface area is 70.4 Å². The van der Waals surface area contributed by atoms with Crippen LogP contribution in [0.1, 0.15) is 27.7 Å². The molecule has 0 rings (SSSR count). The van der Waals surface area contributed by atoms with E-state index in [-0.39, 0.29) is 0 Å². The molecule has 0 heterocycles. The highest BCUT2D eigenvalue weighted by Gasteiger charge is 2.04. The summed E-state index contributed by atoms with van der Waals surface area (Å²) in [5.74, 6) is 0. The lowest BCUT2D eigenvalue weighted by atomic mass is 10.4. The Morgan fingerprint density at radius 2 is 1.09 bits per heavy atom. The van der Waals surface area contributed by atoms with Crippen LogP contribution in [0.3, 0.4) is 0 Å².